The summed E-state index contributed by atoms with van der Waals surface area (Å²) in [5.74, 6) is 0.466. The summed E-state index contributed by atoms with van der Waals surface area (Å²) in [4.78, 5) is 19.4. The van der Waals surface area contributed by atoms with Crippen molar-refractivity contribution in [1.82, 2.24) is 9.80 Å². The van der Waals surface area contributed by atoms with Crippen LogP contribution in [0.15, 0.2) is 146 Å². The Morgan fingerprint density at radius 3 is 1.36 bits per heavy atom. The lowest BCUT2D eigenvalue weighted by Gasteiger charge is -2.45. The van der Waals surface area contributed by atoms with Gasteiger partial charge in [-0.15, -0.1) is 0 Å². The third kappa shape index (κ3) is 8.27. The highest BCUT2D eigenvalue weighted by Crippen LogP contribution is 2.37. The molecular weight excluding hydrogens is 556 g/mol. The summed E-state index contributed by atoms with van der Waals surface area (Å²) in [5, 5.41) is 0. The van der Waals surface area contributed by atoms with Crippen molar-refractivity contribution in [1.29, 1.82) is 0 Å². The number of benzene rings is 5. The van der Waals surface area contributed by atoms with Crippen LogP contribution in [0.5, 0.6) is 5.75 Å². The van der Waals surface area contributed by atoms with Crippen LogP contribution >= 0.6 is 0 Å². The zero-order valence-corrected chi connectivity index (χ0v) is 26.2. The lowest BCUT2D eigenvalue weighted by molar-refractivity contribution is -0.162. The Hall–Kier alpha value is -4.71. The highest BCUT2D eigenvalue weighted by atomic mass is 16.5. The molecule has 0 aliphatic carbocycles. The predicted octanol–water partition coefficient (Wildman–Crippen LogP) is 7.86. The van der Waals surface area contributed by atoms with E-state index in [0.717, 1.165) is 22.4 Å². The third-order valence-electron chi connectivity index (χ3n) is 8.10. The molecule has 5 aromatic rings. The first-order valence-corrected chi connectivity index (χ1v) is 15.6. The van der Waals surface area contributed by atoms with Gasteiger partial charge in [0, 0.05) is 32.7 Å². The van der Waals surface area contributed by atoms with Gasteiger partial charge in [-0.1, -0.05) is 133 Å². The van der Waals surface area contributed by atoms with Crippen molar-refractivity contribution in [2.45, 2.75) is 38.6 Å². The zero-order chi connectivity index (χ0) is 31.3. The molecule has 0 aliphatic heterocycles. The van der Waals surface area contributed by atoms with Gasteiger partial charge < -0.3 is 9.47 Å². The quantitative estimate of drug-likeness (QED) is 0.115. The van der Waals surface area contributed by atoms with E-state index in [0.29, 0.717) is 32.7 Å². The Labute approximate surface area is 267 Å². The number of ether oxygens (including phenoxy) is 2. The van der Waals surface area contributed by atoms with Crippen molar-refractivity contribution < 1.29 is 14.3 Å². The predicted molar refractivity (Wildman–Crippen MR) is 180 cm³/mol. The second-order valence-corrected chi connectivity index (χ2v) is 11.3. The number of esters is 1. The van der Waals surface area contributed by atoms with Crippen LogP contribution in [0.1, 0.15) is 34.7 Å². The van der Waals surface area contributed by atoms with Gasteiger partial charge in [-0.25, -0.2) is 4.79 Å². The molecule has 0 fully saturated rings. The molecule has 1 unspecified atom stereocenters. The van der Waals surface area contributed by atoms with Crippen LogP contribution in [-0.2, 0) is 41.2 Å². The van der Waals surface area contributed by atoms with Crippen LogP contribution < -0.4 is 4.74 Å². The molecule has 5 aromatic carbocycles. The third-order valence-corrected chi connectivity index (χ3v) is 8.10. The first kappa shape index (κ1) is 31.7. The van der Waals surface area contributed by atoms with E-state index in [2.05, 4.69) is 82.6 Å². The van der Waals surface area contributed by atoms with Crippen LogP contribution in [0.2, 0.25) is 0 Å². The Morgan fingerprint density at radius 2 is 0.978 bits per heavy atom. The topological polar surface area (TPSA) is 42.0 Å². The SMILES string of the molecule is CCOC(=O)C(CN(Cc1ccccc1)Cc1ccccc1)(c1ccc(OC)cc1)N(Cc1ccccc1)Cc1ccccc1. The van der Waals surface area contributed by atoms with Gasteiger partial charge in [0.1, 0.15) is 5.75 Å². The van der Waals surface area contributed by atoms with Gasteiger partial charge in [-0.05, 0) is 46.9 Å². The number of hydrogen-bond acceptors (Lipinski definition) is 5. The van der Waals surface area contributed by atoms with Crippen LogP contribution in [0, 0.1) is 0 Å². The normalized spacial score (nSPS) is 12.5. The molecule has 5 heteroatoms. The first-order chi connectivity index (χ1) is 22.1. The molecule has 230 valence electrons. The average Bonchev–Trinajstić information content (AvgIpc) is 3.09. The molecule has 1 atom stereocenters. The fraction of sp³-hybridized carbons (Fsp3) is 0.225. The number of carbonyl (C=O) groups excluding carboxylic acids is 1. The lowest BCUT2D eigenvalue weighted by atomic mass is 9.85. The summed E-state index contributed by atoms with van der Waals surface area (Å²) < 4.78 is 11.6. The molecule has 45 heavy (non-hydrogen) atoms. The fourth-order valence-electron chi connectivity index (χ4n) is 5.91. The lowest BCUT2D eigenvalue weighted by Crippen LogP contribution is -2.58. The number of rotatable bonds is 15. The van der Waals surface area contributed by atoms with Crippen molar-refractivity contribution in [2.75, 3.05) is 20.3 Å². The van der Waals surface area contributed by atoms with E-state index >= 15 is 0 Å². The summed E-state index contributed by atoms with van der Waals surface area (Å²) in [7, 11) is 1.66. The summed E-state index contributed by atoms with van der Waals surface area (Å²) in [5.41, 5.74) is 4.30. The van der Waals surface area contributed by atoms with E-state index < -0.39 is 5.54 Å². The first-order valence-electron chi connectivity index (χ1n) is 15.6. The molecule has 0 heterocycles. The molecule has 0 aliphatic rings. The van der Waals surface area contributed by atoms with Crippen molar-refractivity contribution >= 4 is 5.97 Å². The molecule has 0 saturated carbocycles. The highest BCUT2D eigenvalue weighted by molar-refractivity contribution is 5.83. The standard InChI is InChI=1S/C40H42N2O3/c1-3-45-39(43)40(37-24-26-38(44-2)27-25-37,42(30-35-20-12-6-13-21-35)31-36-22-14-7-15-23-36)32-41(28-33-16-8-4-9-17-33)29-34-18-10-5-11-19-34/h4-27H,3,28-32H2,1-2H3. The molecule has 5 rings (SSSR count). The second kappa shape index (κ2) is 15.8. The van der Waals surface area contributed by atoms with Gasteiger partial charge in [-0.2, -0.15) is 0 Å². The van der Waals surface area contributed by atoms with Crippen molar-refractivity contribution in [3.63, 3.8) is 0 Å². The number of hydrogen-bond donors (Lipinski definition) is 0. The maximum Gasteiger partial charge on any atom is 0.332 e. The molecule has 0 bridgehead atoms. The van der Waals surface area contributed by atoms with Gasteiger partial charge in [-0.3, -0.25) is 9.80 Å². The summed E-state index contributed by atoms with van der Waals surface area (Å²) in [6.07, 6.45) is 0. The van der Waals surface area contributed by atoms with Gasteiger partial charge in [0.2, 0.25) is 0 Å². The van der Waals surface area contributed by atoms with E-state index in [1.807, 2.05) is 79.7 Å². The van der Waals surface area contributed by atoms with Crippen molar-refractivity contribution in [2.24, 2.45) is 0 Å². The van der Waals surface area contributed by atoms with Crippen LogP contribution in [-0.4, -0.2) is 36.0 Å². The summed E-state index contributed by atoms with van der Waals surface area (Å²) in [6.45, 7) is 4.98. The largest absolute Gasteiger partial charge is 0.497 e. The van der Waals surface area contributed by atoms with Crippen molar-refractivity contribution in [3.8, 4) is 5.75 Å². The van der Waals surface area contributed by atoms with Crippen LogP contribution in [0.3, 0.4) is 0 Å². The molecule has 0 spiro atoms. The van der Waals surface area contributed by atoms with Gasteiger partial charge in [0.05, 0.1) is 13.7 Å². The molecule has 0 aromatic heterocycles. The smallest absolute Gasteiger partial charge is 0.332 e. The average molecular weight is 599 g/mol. The number of methoxy groups -OCH3 is 1. The monoisotopic (exact) mass is 598 g/mol. The number of nitrogens with zero attached hydrogens (tertiary/aromatic N) is 2. The fourth-order valence-corrected chi connectivity index (χ4v) is 5.91. The summed E-state index contributed by atoms with van der Waals surface area (Å²) in [6, 6.07) is 49.5. The molecule has 0 radical (unpaired) electrons. The minimum absolute atomic E-state index is 0.270. The van der Waals surface area contributed by atoms with Gasteiger partial charge >= 0.3 is 5.97 Å². The Kier molecular flexibility index (Phi) is 11.2. The van der Waals surface area contributed by atoms with Gasteiger partial charge in [0.25, 0.3) is 0 Å². The maximum absolute atomic E-state index is 14.8. The maximum atomic E-state index is 14.8. The van der Waals surface area contributed by atoms with Crippen molar-refractivity contribution in [3.05, 3.63) is 173 Å². The van der Waals surface area contributed by atoms with Gasteiger partial charge in [0.15, 0.2) is 5.54 Å². The molecule has 5 nitrogen and oxygen atoms in total. The Bertz CT molecular complexity index is 1500. The number of carbonyl (C=O) groups is 1. The molecule has 0 N–H and O–H groups in total. The van der Waals surface area contributed by atoms with Crippen LogP contribution in [0.25, 0.3) is 0 Å². The zero-order valence-electron chi connectivity index (χ0n) is 26.2. The minimum atomic E-state index is -1.16. The van der Waals surface area contributed by atoms with Crippen LogP contribution in [0.4, 0.5) is 0 Å². The molecule has 0 saturated heterocycles. The summed E-state index contributed by atoms with van der Waals surface area (Å²) >= 11 is 0. The van der Waals surface area contributed by atoms with E-state index in [1.165, 1.54) is 11.1 Å². The molecule has 0 amide bonds. The van der Waals surface area contributed by atoms with E-state index in [1.54, 1.807) is 7.11 Å². The van der Waals surface area contributed by atoms with E-state index in [9.17, 15) is 4.79 Å². The van der Waals surface area contributed by atoms with E-state index in [4.69, 9.17) is 9.47 Å². The highest BCUT2D eigenvalue weighted by Gasteiger charge is 2.48. The second-order valence-electron chi connectivity index (χ2n) is 11.3. The Balaban J connectivity index is 1.69. The Morgan fingerprint density at radius 1 is 0.578 bits per heavy atom. The molecular formula is C40H42N2O3. The minimum Gasteiger partial charge on any atom is -0.497 e. The van der Waals surface area contributed by atoms with E-state index in [-0.39, 0.29) is 12.6 Å².